The van der Waals surface area contributed by atoms with Crippen LogP contribution in [0.1, 0.15) is 60.6 Å². The molecule has 2 N–H and O–H groups in total. The van der Waals surface area contributed by atoms with Gasteiger partial charge in [-0.15, -0.1) is 0 Å². The lowest BCUT2D eigenvalue weighted by Gasteiger charge is -2.43. The highest BCUT2D eigenvalue weighted by atomic mass is 35.5. The number of fused-ring (bicyclic) bond motifs is 2. The van der Waals surface area contributed by atoms with Crippen LogP contribution in [0.4, 0.5) is 5.69 Å². The number of amides is 2. The molecule has 0 bridgehead atoms. The molecular weight excluding hydrogens is 582 g/mol. The summed E-state index contributed by atoms with van der Waals surface area (Å²) in [7, 11) is 3.52. The molecule has 0 saturated carbocycles. The van der Waals surface area contributed by atoms with Gasteiger partial charge in [-0.1, -0.05) is 123 Å². The Bertz CT molecular complexity index is 1660. The number of benzene rings is 4. The monoisotopic (exact) mass is 621 g/mol. The first-order valence-electron chi connectivity index (χ1n) is 15.6. The van der Waals surface area contributed by atoms with Gasteiger partial charge in [-0.25, -0.2) is 0 Å². The van der Waals surface area contributed by atoms with Crippen molar-refractivity contribution in [2.45, 2.75) is 55.8 Å². The number of likely N-dealkylation sites (N-methyl/N-ethyl adjacent to an activating group) is 1. The van der Waals surface area contributed by atoms with Crippen LogP contribution in [0.15, 0.2) is 109 Å². The number of aliphatic hydroxyl groups excluding tert-OH is 1. The Morgan fingerprint density at radius 1 is 0.911 bits per heavy atom. The molecule has 232 valence electrons. The highest BCUT2D eigenvalue weighted by molar-refractivity contribution is 6.31. The average molecular weight is 622 g/mol. The summed E-state index contributed by atoms with van der Waals surface area (Å²) < 4.78 is 0. The highest BCUT2D eigenvalue weighted by Crippen LogP contribution is 2.62. The van der Waals surface area contributed by atoms with E-state index in [1.54, 1.807) is 25.1 Å². The fraction of sp³-hybridized carbons (Fsp3) is 0.316. The number of halogens is 1. The maximum absolute atomic E-state index is 14.9. The van der Waals surface area contributed by atoms with Crippen LogP contribution < -0.4 is 5.32 Å². The van der Waals surface area contributed by atoms with Crippen molar-refractivity contribution in [3.8, 4) is 0 Å². The highest BCUT2D eigenvalue weighted by Gasteiger charge is 2.70. The molecular formula is C38H40ClN3O3. The van der Waals surface area contributed by atoms with Gasteiger partial charge in [0.05, 0.1) is 18.2 Å². The summed E-state index contributed by atoms with van der Waals surface area (Å²) in [5.74, 6) is -0.660. The molecule has 6 nitrogen and oxygen atoms in total. The van der Waals surface area contributed by atoms with Crippen molar-refractivity contribution in [1.29, 1.82) is 0 Å². The zero-order chi connectivity index (χ0) is 31.9. The van der Waals surface area contributed by atoms with Gasteiger partial charge < -0.3 is 15.3 Å². The van der Waals surface area contributed by atoms with Crippen LogP contribution in [0.25, 0.3) is 0 Å². The summed E-state index contributed by atoms with van der Waals surface area (Å²) in [6, 6.07) is 33.1. The largest absolute Gasteiger partial charge is 0.386 e. The van der Waals surface area contributed by atoms with Gasteiger partial charge in [0.25, 0.3) is 0 Å². The molecule has 2 aliphatic heterocycles. The maximum atomic E-state index is 14.9. The van der Waals surface area contributed by atoms with E-state index in [9.17, 15) is 14.7 Å². The molecule has 0 radical (unpaired) electrons. The molecule has 4 aromatic rings. The Balaban J connectivity index is 1.71. The minimum Gasteiger partial charge on any atom is -0.386 e. The van der Waals surface area contributed by atoms with E-state index in [2.05, 4.69) is 24.1 Å². The third-order valence-corrected chi connectivity index (χ3v) is 9.75. The van der Waals surface area contributed by atoms with Crippen LogP contribution in [-0.2, 0) is 15.0 Å². The fourth-order valence-electron chi connectivity index (χ4n) is 7.79. The molecule has 0 aliphatic carbocycles. The van der Waals surface area contributed by atoms with Crippen LogP contribution in [0.3, 0.4) is 0 Å². The third kappa shape index (κ3) is 5.25. The van der Waals surface area contributed by atoms with Gasteiger partial charge in [-0.3, -0.25) is 14.5 Å². The van der Waals surface area contributed by atoms with Crippen molar-refractivity contribution in [2.24, 2.45) is 5.92 Å². The molecule has 2 amide bonds. The van der Waals surface area contributed by atoms with Crippen molar-refractivity contribution in [1.82, 2.24) is 9.80 Å². The van der Waals surface area contributed by atoms with Gasteiger partial charge in [0.1, 0.15) is 5.41 Å². The van der Waals surface area contributed by atoms with Crippen molar-refractivity contribution in [3.63, 3.8) is 0 Å². The van der Waals surface area contributed by atoms with Crippen molar-refractivity contribution < 1.29 is 14.7 Å². The van der Waals surface area contributed by atoms with E-state index in [1.165, 1.54) is 0 Å². The molecule has 4 aromatic carbocycles. The van der Waals surface area contributed by atoms with Gasteiger partial charge >= 0.3 is 0 Å². The number of carbonyl (C=O) groups is 2. The summed E-state index contributed by atoms with van der Waals surface area (Å²) in [6.07, 6.45) is -0.373. The maximum Gasteiger partial charge on any atom is 0.240 e. The predicted octanol–water partition coefficient (Wildman–Crippen LogP) is 6.98. The zero-order valence-corrected chi connectivity index (χ0v) is 26.9. The standard InChI is InChI=1S/C38H40ClN3O3/c1-24(2)22-31-38(29-21-20-28(39)23-30(29)40-37(38)45)32(25-14-8-5-9-15-25)34(36(44)41(3)4)42(31)33(26-16-10-6-11-17-26)35(43)27-18-12-7-13-19-27/h5-21,23-24,31-35,43H,22H2,1-4H3,(H,40,45)/t31-,32+,33-,34-,35+,38+/m1/s1. The van der Waals surface area contributed by atoms with Gasteiger partial charge in [-0.05, 0) is 46.7 Å². The topological polar surface area (TPSA) is 72.9 Å². The Morgan fingerprint density at radius 3 is 2.07 bits per heavy atom. The summed E-state index contributed by atoms with van der Waals surface area (Å²) >= 11 is 6.47. The number of aliphatic hydroxyl groups is 1. The molecule has 1 spiro atoms. The van der Waals surface area contributed by atoms with Crippen LogP contribution >= 0.6 is 11.6 Å². The Kier molecular flexibility index (Phi) is 8.57. The van der Waals surface area contributed by atoms with Gasteiger partial charge in [0.15, 0.2) is 0 Å². The molecule has 0 aromatic heterocycles. The Labute approximate surface area is 270 Å². The van der Waals surface area contributed by atoms with Crippen molar-refractivity contribution >= 4 is 29.1 Å². The molecule has 7 heteroatoms. The third-order valence-electron chi connectivity index (χ3n) is 9.51. The lowest BCUT2D eigenvalue weighted by molar-refractivity contribution is -0.136. The zero-order valence-electron chi connectivity index (χ0n) is 26.1. The number of likely N-dealkylation sites (tertiary alicyclic amines) is 1. The number of rotatable bonds is 8. The molecule has 6 rings (SSSR count). The predicted molar refractivity (Wildman–Crippen MR) is 179 cm³/mol. The fourth-order valence-corrected chi connectivity index (χ4v) is 7.96. The second kappa shape index (κ2) is 12.4. The number of nitrogens with zero attached hydrogens (tertiary/aromatic N) is 2. The summed E-state index contributed by atoms with van der Waals surface area (Å²) in [4.78, 5) is 33.4. The van der Waals surface area contributed by atoms with E-state index in [4.69, 9.17) is 11.6 Å². The normalized spacial score (nSPS) is 24.0. The van der Waals surface area contributed by atoms with E-state index >= 15 is 0 Å². The van der Waals surface area contributed by atoms with Crippen molar-refractivity contribution in [2.75, 3.05) is 19.4 Å². The first-order chi connectivity index (χ1) is 21.7. The number of carbonyl (C=O) groups excluding carboxylic acids is 2. The number of hydrogen-bond acceptors (Lipinski definition) is 4. The second-order valence-electron chi connectivity index (χ2n) is 12.9. The van der Waals surface area contributed by atoms with E-state index in [0.717, 1.165) is 22.3 Å². The first-order valence-corrected chi connectivity index (χ1v) is 16.0. The molecule has 2 aliphatic rings. The van der Waals surface area contributed by atoms with Gasteiger partial charge in [0.2, 0.25) is 11.8 Å². The molecule has 45 heavy (non-hydrogen) atoms. The number of hydrogen-bond donors (Lipinski definition) is 2. The van der Waals surface area contributed by atoms with Crippen LogP contribution in [0, 0.1) is 5.92 Å². The molecule has 0 unspecified atom stereocenters. The summed E-state index contributed by atoms with van der Waals surface area (Å²) in [5.41, 5.74) is 2.86. The van der Waals surface area contributed by atoms with E-state index in [1.807, 2.05) is 103 Å². The first kappa shape index (κ1) is 31.0. The van der Waals surface area contributed by atoms with Crippen LogP contribution in [0.5, 0.6) is 0 Å². The van der Waals surface area contributed by atoms with Crippen LogP contribution in [-0.4, -0.2) is 52.9 Å². The molecule has 6 atom stereocenters. The summed E-state index contributed by atoms with van der Waals surface area (Å²) in [5, 5.41) is 16.1. The number of anilines is 1. The average Bonchev–Trinajstić information content (AvgIpc) is 3.48. The Morgan fingerprint density at radius 2 is 1.49 bits per heavy atom. The van der Waals surface area contributed by atoms with E-state index in [0.29, 0.717) is 17.1 Å². The minimum atomic E-state index is -1.15. The molecule has 2 heterocycles. The lowest BCUT2D eigenvalue weighted by atomic mass is 9.63. The molecule has 1 saturated heterocycles. The lowest BCUT2D eigenvalue weighted by Crippen LogP contribution is -2.52. The van der Waals surface area contributed by atoms with Crippen molar-refractivity contribution in [3.05, 3.63) is 136 Å². The van der Waals surface area contributed by atoms with Gasteiger partial charge in [-0.2, -0.15) is 0 Å². The quantitative estimate of drug-likeness (QED) is 0.223. The smallest absolute Gasteiger partial charge is 0.240 e. The Hall–Kier alpha value is -3.97. The summed E-state index contributed by atoms with van der Waals surface area (Å²) in [6.45, 7) is 4.29. The number of nitrogens with one attached hydrogen (secondary N) is 1. The van der Waals surface area contributed by atoms with Gasteiger partial charge in [0, 0.05) is 36.8 Å². The SMILES string of the molecule is CC(C)C[C@H]1N([C@H](c2ccccc2)[C@@H](O)c2ccccc2)[C@@H](C(=O)N(C)C)[C@H](c2ccccc2)[C@@]12C(=O)Nc1cc(Cl)ccc12. The minimum absolute atomic E-state index is 0.120. The van der Waals surface area contributed by atoms with E-state index in [-0.39, 0.29) is 17.7 Å². The van der Waals surface area contributed by atoms with Crippen LogP contribution in [0.2, 0.25) is 5.02 Å². The van der Waals surface area contributed by atoms with E-state index < -0.39 is 35.6 Å². The molecule has 1 fully saturated rings. The second-order valence-corrected chi connectivity index (χ2v) is 13.3.